The SMILES string of the molecule is C[C@H](NC(=O)CSCc1nc2sc3c(c2c(=O)[nH]1)CCCC3)C(=O)O. The second-order valence-corrected chi connectivity index (χ2v) is 8.09. The summed E-state index contributed by atoms with van der Waals surface area (Å²) < 4.78 is 0. The van der Waals surface area contributed by atoms with Crippen molar-refractivity contribution in [2.45, 2.75) is 44.4 Å². The first-order valence-corrected chi connectivity index (χ1v) is 10.1. The van der Waals surface area contributed by atoms with Gasteiger partial charge in [-0.2, -0.15) is 0 Å². The summed E-state index contributed by atoms with van der Waals surface area (Å²) in [6.45, 7) is 1.41. The Bertz CT molecular complexity index is 874. The number of thioether (sulfide) groups is 1. The summed E-state index contributed by atoms with van der Waals surface area (Å²) in [5.74, 6) is -0.380. The van der Waals surface area contributed by atoms with Crippen LogP contribution in [0.1, 0.15) is 36.0 Å². The van der Waals surface area contributed by atoms with Crippen molar-refractivity contribution in [1.82, 2.24) is 15.3 Å². The van der Waals surface area contributed by atoms with Crippen LogP contribution in [0.3, 0.4) is 0 Å². The predicted molar refractivity (Wildman–Crippen MR) is 98.3 cm³/mol. The van der Waals surface area contributed by atoms with Crippen LogP contribution in [0, 0.1) is 0 Å². The van der Waals surface area contributed by atoms with Crippen molar-refractivity contribution >= 4 is 45.2 Å². The molecule has 1 aliphatic carbocycles. The largest absolute Gasteiger partial charge is 0.480 e. The molecule has 134 valence electrons. The lowest BCUT2D eigenvalue weighted by molar-refractivity contribution is -0.140. The van der Waals surface area contributed by atoms with Crippen molar-refractivity contribution in [1.29, 1.82) is 0 Å². The highest BCUT2D eigenvalue weighted by molar-refractivity contribution is 7.99. The minimum Gasteiger partial charge on any atom is -0.480 e. The molecule has 1 atom stereocenters. The first kappa shape index (κ1) is 17.9. The van der Waals surface area contributed by atoms with E-state index in [2.05, 4.69) is 15.3 Å². The van der Waals surface area contributed by atoms with Crippen molar-refractivity contribution < 1.29 is 14.7 Å². The number of rotatable bonds is 6. The maximum atomic E-state index is 12.4. The van der Waals surface area contributed by atoms with E-state index >= 15 is 0 Å². The highest BCUT2D eigenvalue weighted by Crippen LogP contribution is 2.33. The summed E-state index contributed by atoms with van der Waals surface area (Å²) in [5, 5.41) is 11.9. The normalized spacial score (nSPS) is 14.9. The number of aryl methyl sites for hydroxylation is 2. The molecule has 2 heterocycles. The zero-order valence-corrected chi connectivity index (χ0v) is 15.4. The maximum absolute atomic E-state index is 12.4. The van der Waals surface area contributed by atoms with Crippen molar-refractivity contribution in [2.75, 3.05) is 5.75 Å². The molecule has 0 fully saturated rings. The average Bonchev–Trinajstić information content (AvgIpc) is 2.93. The van der Waals surface area contributed by atoms with E-state index in [0.29, 0.717) is 11.6 Å². The fourth-order valence-electron chi connectivity index (χ4n) is 2.86. The first-order valence-electron chi connectivity index (χ1n) is 8.09. The van der Waals surface area contributed by atoms with Gasteiger partial charge in [0.15, 0.2) is 0 Å². The molecule has 3 N–H and O–H groups in total. The second kappa shape index (κ2) is 7.57. The van der Waals surface area contributed by atoms with Crippen molar-refractivity contribution in [3.63, 3.8) is 0 Å². The van der Waals surface area contributed by atoms with E-state index in [0.717, 1.165) is 41.5 Å². The van der Waals surface area contributed by atoms with Gasteiger partial charge in [0.1, 0.15) is 16.7 Å². The molecule has 0 radical (unpaired) electrons. The third kappa shape index (κ3) is 4.04. The van der Waals surface area contributed by atoms with Gasteiger partial charge >= 0.3 is 5.97 Å². The van der Waals surface area contributed by atoms with E-state index in [1.54, 1.807) is 11.3 Å². The Labute approximate surface area is 152 Å². The minimum atomic E-state index is -1.07. The molecular formula is C16H19N3O4S2. The molecule has 0 bridgehead atoms. The number of aromatic nitrogens is 2. The van der Waals surface area contributed by atoms with Gasteiger partial charge in [0, 0.05) is 4.88 Å². The Morgan fingerprint density at radius 2 is 2.16 bits per heavy atom. The van der Waals surface area contributed by atoms with Gasteiger partial charge in [-0.05, 0) is 38.2 Å². The summed E-state index contributed by atoms with van der Waals surface area (Å²) >= 11 is 2.88. The molecule has 2 aromatic rings. The van der Waals surface area contributed by atoms with E-state index < -0.39 is 12.0 Å². The lowest BCUT2D eigenvalue weighted by atomic mass is 9.97. The van der Waals surface area contributed by atoms with Crippen LogP contribution in [-0.4, -0.2) is 38.7 Å². The summed E-state index contributed by atoms with van der Waals surface area (Å²) in [7, 11) is 0. The minimum absolute atomic E-state index is 0.107. The van der Waals surface area contributed by atoms with Crippen LogP contribution >= 0.6 is 23.1 Å². The lowest BCUT2D eigenvalue weighted by Gasteiger charge is -2.09. The highest BCUT2D eigenvalue weighted by Gasteiger charge is 2.20. The molecule has 2 aromatic heterocycles. The van der Waals surface area contributed by atoms with Gasteiger partial charge in [0.25, 0.3) is 5.56 Å². The molecule has 0 unspecified atom stereocenters. The van der Waals surface area contributed by atoms with E-state index in [4.69, 9.17) is 5.11 Å². The van der Waals surface area contributed by atoms with E-state index in [1.165, 1.54) is 23.6 Å². The second-order valence-electron chi connectivity index (χ2n) is 6.02. The Morgan fingerprint density at radius 3 is 2.92 bits per heavy atom. The summed E-state index contributed by atoms with van der Waals surface area (Å²) in [6.07, 6.45) is 4.22. The molecule has 0 aliphatic heterocycles. The molecule has 0 saturated carbocycles. The standard InChI is InChI=1S/C16H19N3O4S2/c1-8(16(22)23)17-12(20)7-24-6-11-18-14(21)13-9-4-2-3-5-10(9)25-15(13)19-11/h8H,2-7H2,1H3,(H,17,20)(H,22,23)(H,18,19,21)/t8-/m0/s1. The Balaban J connectivity index is 1.66. The van der Waals surface area contributed by atoms with Gasteiger partial charge in [-0.15, -0.1) is 23.1 Å². The van der Waals surface area contributed by atoms with Crippen LogP contribution < -0.4 is 10.9 Å². The molecule has 7 nitrogen and oxygen atoms in total. The Kier molecular flexibility index (Phi) is 5.43. The summed E-state index contributed by atoms with van der Waals surface area (Å²) in [6, 6.07) is -0.917. The molecule has 1 aliphatic rings. The molecular weight excluding hydrogens is 362 g/mol. The van der Waals surface area contributed by atoms with Crippen molar-refractivity contribution in [2.24, 2.45) is 0 Å². The van der Waals surface area contributed by atoms with Crippen molar-refractivity contribution in [3.8, 4) is 0 Å². The van der Waals surface area contributed by atoms with Crippen LogP contribution in [0.15, 0.2) is 4.79 Å². The van der Waals surface area contributed by atoms with Crippen LogP contribution in [0.4, 0.5) is 0 Å². The molecule has 3 rings (SSSR count). The van der Waals surface area contributed by atoms with Gasteiger partial charge in [0.2, 0.25) is 5.91 Å². The number of amides is 1. The molecule has 9 heteroatoms. The Hall–Kier alpha value is -1.87. The van der Waals surface area contributed by atoms with Crippen molar-refractivity contribution in [3.05, 3.63) is 26.6 Å². The van der Waals surface area contributed by atoms with E-state index in [-0.39, 0.29) is 17.2 Å². The van der Waals surface area contributed by atoms with Gasteiger partial charge in [-0.3, -0.25) is 14.4 Å². The number of nitrogens with zero attached hydrogens (tertiary/aromatic N) is 1. The predicted octanol–water partition coefficient (Wildman–Crippen LogP) is 1.69. The Morgan fingerprint density at radius 1 is 1.40 bits per heavy atom. The molecule has 0 spiro atoms. The van der Waals surface area contributed by atoms with Crippen LogP contribution in [-0.2, 0) is 28.2 Å². The monoisotopic (exact) mass is 381 g/mol. The van der Waals surface area contributed by atoms with E-state index in [1.807, 2.05) is 0 Å². The fourth-order valence-corrected chi connectivity index (χ4v) is 4.84. The highest BCUT2D eigenvalue weighted by atomic mass is 32.2. The molecule has 25 heavy (non-hydrogen) atoms. The van der Waals surface area contributed by atoms with Gasteiger partial charge in [-0.25, -0.2) is 4.98 Å². The summed E-state index contributed by atoms with van der Waals surface area (Å²) in [5.41, 5.74) is 1.05. The molecule has 0 saturated heterocycles. The van der Waals surface area contributed by atoms with Crippen LogP contribution in [0.25, 0.3) is 10.2 Å². The number of fused-ring (bicyclic) bond motifs is 3. The van der Waals surface area contributed by atoms with Gasteiger partial charge in [-0.1, -0.05) is 0 Å². The van der Waals surface area contributed by atoms with Gasteiger partial charge in [0.05, 0.1) is 16.9 Å². The number of carbonyl (C=O) groups excluding carboxylic acids is 1. The van der Waals surface area contributed by atoms with Crippen LogP contribution in [0.5, 0.6) is 0 Å². The molecule has 1 amide bonds. The van der Waals surface area contributed by atoms with Crippen LogP contribution in [0.2, 0.25) is 0 Å². The first-order chi connectivity index (χ1) is 12.0. The number of aliphatic carboxylic acids is 1. The number of H-pyrrole nitrogens is 1. The number of carboxylic acid groups (broad SMARTS) is 1. The number of hydrogen-bond acceptors (Lipinski definition) is 6. The zero-order chi connectivity index (χ0) is 18.0. The summed E-state index contributed by atoms with van der Waals surface area (Å²) in [4.78, 5) is 44.2. The smallest absolute Gasteiger partial charge is 0.325 e. The number of thiophene rings is 1. The maximum Gasteiger partial charge on any atom is 0.325 e. The topological polar surface area (TPSA) is 112 Å². The fraction of sp³-hybridized carbons (Fsp3) is 0.500. The zero-order valence-electron chi connectivity index (χ0n) is 13.8. The third-order valence-corrected chi connectivity index (χ3v) is 6.22. The number of carboxylic acids is 1. The number of aromatic amines is 1. The number of hydrogen-bond donors (Lipinski definition) is 3. The van der Waals surface area contributed by atoms with Gasteiger partial charge < -0.3 is 15.4 Å². The molecule has 0 aromatic carbocycles. The van der Waals surface area contributed by atoms with E-state index in [9.17, 15) is 14.4 Å². The average molecular weight is 381 g/mol. The third-order valence-electron chi connectivity index (χ3n) is 4.09. The quantitative estimate of drug-likeness (QED) is 0.702. The lowest BCUT2D eigenvalue weighted by Crippen LogP contribution is -2.39. The number of nitrogens with one attached hydrogen (secondary N) is 2. The number of carbonyl (C=O) groups is 2.